The zero-order chi connectivity index (χ0) is 16.1. The maximum absolute atomic E-state index is 12.4. The van der Waals surface area contributed by atoms with Crippen LogP contribution in [0.4, 0.5) is 5.82 Å². The average molecular weight is 317 g/mol. The van der Waals surface area contributed by atoms with E-state index in [1.165, 1.54) is 38.3 Å². The van der Waals surface area contributed by atoms with Gasteiger partial charge in [0.15, 0.2) is 0 Å². The maximum Gasteiger partial charge on any atom is 0.222 e. The molecule has 0 atom stereocenters. The van der Waals surface area contributed by atoms with E-state index < -0.39 is 0 Å². The molecule has 1 N–H and O–H groups in total. The van der Waals surface area contributed by atoms with Crippen LogP contribution in [0.15, 0.2) is 18.3 Å². The summed E-state index contributed by atoms with van der Waals surface area (Å²) < 4.78 is 0. The lowest BCUT2D eigenvalue weighted by Crippen LogP contribution is -2.49. The SMILES string of the molecule is O=C(CCC1CCCCC1)N1CCN(c2ccc(O)cn2)CC1. The van der Waals surface area contributed by atoms with Gasteiger partial charge < -0.3 is 14.9 Å². The third-order valence-corrected chi connectivity index (χ3v) is 5.18. The summed E-state index contributed by atoms with van der Waals surface area (Å²) in [5.41, 5.74) is 0. The van der Waals surface area contributed by atoms with Crippen molar-refractivity contribution in [1.82, 2.24) is 9.88 Å². The van der Waals surface area contributed by atoms with Crippen LogP contribution in [0.1, 0.15) is 44.9 Å². The van der Waals surface area contributed by atoms with Crippen LogP contribution < -0.4 is 4.90 Å². The minimum absolute atomic E-state index is 0.185. The molecule has 1 aliphatic heterocycles. The number of amides is 1. The number of carbonyl (C=O) groups is 1. The number of anilines is 1. The second kappa shape index (κ2) is 7.66. The summed E-state index contributed by atoms with van der Waals surface area (Å²) in [7, 11) is 0. The molecule has 3 rings (SSSR count). The fourth-order valence-electron chi connectivity index (χ4n) is 3.71. The van der Waals surface area contributed by atoms with E-state index >= 15 is 0 Å². The molecule has 1 saturated carbocycles. The van der Waals surface area contributed by atoms with Gasteiger partial charge >= 0.3 is 0 Å². The summed E-state index contributed by atoms with van der Waals surface area (Å²) in [6.45, 7) is 3.16. The minimum atomic E-state index is 0.185. The number of hydrogen-bond acceptors (Lipinski definition) is 4. The van der Waals surface area contributed by atoms with Crippen molar-refractivity contribution >= 4 is 11.7 Å². The molecule has 23 heavy (non-hydrogen) atoms. The van der Waals surface area contributed by atoms with E-state index in [1.54, 1.807) is 6.07 Å². The molecule has 1 aliphatic carbocycles. The van der Waals surface area contributed by atoms with Crippen molar-refractivity contribution in [3.63, 3.8) is 0 Å². The zero-order valence-corrected chi connectivity index (χ0v) is 13.8. The summed E-state index contributed by atoms with van der Waals surface area (Å²) in [6, 6.07) is 3.49. The van der Waals surface area contributed by atoms with E-state index in [0.29, 0.717) is 12.3 Å². The first kappa shape index (κ1) is 16.1. The summed E-state index contributed by atoms with van der Waals surface area (Å²) in [4.78, 5) is 20.8. The monoisotopic (exact) mass is 317 g/mol. The molecule has 0 bridgehead atoms. The smallest absolute Gasteiger partial charge is 0.222 e. The Kier molecular flexibility index (Phi) is 5.36. The number of nitrogens with zero attached hydrogens (tertiary/aromatic N) is 3. The fraction of sp³-hybridized carbons (Fsp3) is 0.667. The second-order valence-corrected chi connectivity index (χ2v) is 6.79. The number of aromatic hydroxyl groups is 1. The quantitative estimate of drug-likeness (QED) is 0.928. The Hall–Kier alpha value is -1.78. The van der Waals surface area contributed by atoms with Crippen LogP contribution >= 0.6 is 0 Å². The Morgan fingerprint density at radius 3 is 2.52 bits per heavy atom. The Labute approximate surface area is 138 Å². The van der Waals surface area contributed by atoms with Gasteiger partial charge in [0, 0.05) is 32.6 Å². The van der Waals surface area contributed by atoms with Gasteiger partial charge in [0.2, 0.25) is 5.91 Å². The van der Waals surface area contributed by atoms with Crippen LogP contribution in [0.3, 0.4) is 0 Å². The molecule has 5 heteroatoms. The number of hydrogen-bond donors (Lipinski definition) is 1. The summed E-state index contributed by atoms with van der Waals surface area (Å²) in [5, 5.41) is 9.30. The van der Waals surface area contributed by atoms with E-state index in [2.05, 4.69) is 9.88 Å². The normalized spacial score (nSPS) is 19.8. The lowest BCUT2D eigenvalue weighted by atomic mass is 9.86. The van der Waals surface area contributed by atoms with Gasteiger partial charge in [-0.15, -0.1) is 0 Å². The lowest BCUT2D eigenvalue weighted by Gasteiger charge is -2.35. The van der Waals surface area contributed by atoms with Gasteiger partial charge in [0.25, 0.3) is 0 Å². The molecule has 1 amide bonds. The minimum Gasteiger partial charge on any atom is -0.506 e. The molecule has 1 aromatic rings. The van der Waals surface area contributed by atoms with Crippen LogP contribution in [0.25, 0.3) is 0 Å². The predicted octanol–water partition coefficient (Wildman–Crippen LogP) is 2.80. The molecule has 2 fully saturated rings. The van der Waals surface area contributed by atoms with E-state index in [1.807, 2.05) is 11.0 Å². The fourth-order valence-corrected chi connectivity index (χ4v) is 3.71. The van der Waals surface area contributed by atoms with Crippen molar-refractivity contribution in [1.29, 1.82) is 0 Å². The van der Waals surface area contributed by atoms with Crippen molar-refractivity contribution in [2.75, 3.05) is 31.1 Å². The van der Waals surface area contributed by atoms with E-state index in [9.17, 15) is 9.90 Å². The highest BCUT2D eigenvalue weighted by Crippen LogP contribution is 2.27. The van der Waals surface area contributed by atoms with E-state index in [0.717, 1.165) is 44.3 Å². The second-order valence-electron chi connectivity index (χ2n) is 6.79. The third kappa shape index (κ3) is 4.36. The number of carbonyl (C=O) groups excluding carboxylic acids is 1. The predicted molar refractivity (Wildman–Crippen MR) is 90.5 cm³/mol. The molecule has 5 nitrogen and oxygen atoms in total. The lowest BCUT2D eigenvalue weighted by molar-refractivity contribution is -0.131. The van der Waals surface area contributed by atoms with Gasteiger partial charge in [-0.05, 0) is 24.5 Å². The van der Waals surface area contributed by atoms with Crippen molar-refractivity contribution in [3.8, 4) is 5.75 Å². The van der Waals surface area contributed by atoms with Crippen LogP contribution in [-0.4, -0.2) is 47.1 Å². The molecule has 0 radical (unpaired) electrons. The number of piperazine rings is 1. The average Bonchev–Trinajstić information content (AvgIpc) is 2.61. The third-order valence-electron chi connectivity index (χ3n) is 5.18. The largest absolute Gasteiger partial charge is 0.506 e. The maximum atomic E-state index is 12.4. The summed E-state index contributed by atoms with van der Waals surface area (Å²) in [5.74, 6) is 2.14. The molecule has 1 aromatic heterocycles. The van der Waals surface area contributed by atoms with E-state index in [4.69, 9.17) is 0 Å². The highest BCUT2D eigenvalue weighted by atomic mass is 16.3. The van der Waals surface area contributed by atoms with Crippen LogP contribution in [-0.2, 0) is 4.79 Å². The summed E-state index contributed by atoms with van der Waals surface area (Å²) >= 11 is 0. The van der Waals surface area contributed by atoms with Gasteiger partial charge in [-0.2, -0.15) is 0 Å². The standard InChI is InChI=1S/C18H27N3O2/c22-16-7-8-17(19-14-16)20-10-12-21(13-11-20)18(23)9-6-15-4-2-1-3-5-15/h7-8,14-15,22H,1-6,9-13H2. The zero-order valence-electron chi connectivity index (χ0n) is 13.8. The molecule has 0 aromatic carbocycles. The van der Waals surface area contributed by atoms with Crippen LogP contribution in [0.5, 0.6) is 5.75 Å². The highest BCUT2D eigenvalue weighted by Gasteiger charge is 2.23. The molecule has 126 valence electrons. The Morgan fingerprint density at radius 2 is 1.87 bits per heavy atom. The van der Waals surface area contributed by atoms with Gasteiger partial charge in [-0.1, -0.05) is 32.1 Å². The van der Waals surface area contributed by atoms with Gasteiger partial charge in [0.1, 0.15) is 11.6 Å². The Morgan fingerprint density at radius 1 is 1.13 bits per heavy atom. The first-order valence-electron chi connectivity index (χ1n) is 8.90. The first-order chi connectivity index (χ1) is 11.2. The molecule has 0 spiro atoms. The van der Waals surface area contributed by atoms with Crippen LogP contribution in [0.2, 0.25) is 0 Å². The van der Waals surface area contributed by atoms with Gasteiger partial charge in [-0.3, -0.25) is 4.79 Å². The molecular formula is C18H27N3O2. The molecular weight excluding hydrogens is 290 g/mol. The molecule has 0 unspecified atom stereocenters. The molecule has 2 aliphatic rings. The first-order valence-corrected chi connectivity index (χ1v) is 8.90. The van der Waals surface area contributed by atoms with Crippen molar-refractivity contribution in [2.45, 2.75) is 44.9 Å². The number of rotatable bonds is 4. The van der Waals surface area contributed by atoms with Crippen molar-refractivity contribution < 1.29 is 9.90 Å². The topological polar surface area (TPSA) is 56.7 Å². The number of aromatic nitrogens is 1. The van der Waals surface area contributed by atoms with Gasteiger partial charge in [0.05, 0.1) is 6.20 Å². The highest BCUT2D eigenvalue weighted by molar-refractivity contribution is 5.76. The Balaban J connectivity index is 1.42. The van der Waals surface area contributed by atoms with E-state index in [-0.39, 0.29) is 5.75 Å². The van der Waals surface area contributed by atoms with Gasteiger partial charge in [-0.25, -0.2) is 4.98 Å². The number of pyridine rings is 1. The Bertz CT molecular complexity index is 504. The molecule has 2 heterocycles. The van der Waals surface area contributed by atoms with Crippen molar-refractivity contribution in [3.05, 3.63) is 18.3 Å². The molecule has 1 saturated heterocycles. The van der Waals surface area contributed by atoms with Crippen LogP contribution in [0, 0.1) is 5.92 Å². The van der Waals surface area contributed by atoms with Crippen molar-refractivity contribution in [2.24, 2.45) is 5.92 Å². The summed E-state index contributed by atoms with van der Waals surface area (Å²) in [6.07, 6.45) is 9.94.